The van der Waals surface area contributed by atoms with Gasteiger partial charge in [-0.25, -0.2) is 13.1 Å². The van der Waals surface area contributed by atoms with E-state index in [2.05, 4.69) is 10.0 Å². The number of nitrogens with one attached hydrogen (secondary N) is 2. The Labute approximate surface area is 139 Å². The molecule has 0 bridgehead atoms. The van der Waals surface area contributed by atoms with Gasteiger partial charge in [0.15, 0.2) is 0 Å². The number of halogens is 1. The van der Waals surface area contributed by atoms with Gasteiger partial charge in [0.25, 0.3) is 0 Å². The second-order valence-electron chi connectivity index (χ2n) is 4.53. The average molecular weight is 355 g/mol. The van der Waals surface area contributed by atoms with Crippen LogP contribution in [0.5, 0.6) is 5.75 Å². The summed E-state index contributed by atoms with van der Waals surface area (Å²) < 4.78 is 31.5. The van der Waals surface area contributed by atoms with Gasteiger partial charge in [0.05, 0.1) is 24.2 Å². The minimum atomic E-state index is -3.78. The predicted molar refractivity (Wildman–Crippen MR) is 88.3 cm³/mol. The number of carbonyl (C=O) groups is 1. The highest BCUT2D eigenvalue weighted by Gasteiger charge is 2.16. The van der Waals surface area contributed by atoms with Crippen LogP contribution in [-0.2, 0) is 14.8 Å². The van der Waals surface area contributed by atoms with Crippen molar-refractivity contribution < 1.29 is 17.9 Å². The molecule has 2 rings (SSSR count). The molecule has 2 aromatic carbocycles. The summed E-state index contributed by atoms with van der Waals surface area (Å²) in [7, 11) is -2.30. The largest absolute Gasteiger partial charge is 0.495 e. The van der Waals surface area contributed by atoms with Crippen molar-refractivity contribution in [2.24, 2.45) is 0 Å². The van der Waals surface area contributed by atoms with Gasteiger partial charge in [0, 0.05) is 5.02 Å². The molecule has 0 aliphatic heterocycles. The standard InChI is InChI=1S/C15H15ClN2O4S/c1-22-14-5-3-2-4-13(14)18-15(19)10-17-23(20,21)12-8-6-11(16)7-9-12/h2-9,17H,10H2,1H3,(H,18,19). The Balaban J connectivity index is 2.00. The Morgan fingerprint density at radius 3 is 2.43 bits per heavy atom. The van der Waals surface area contributed by atoms with Gasteiger partial charge in [-0.3, -0.25) is 4.79 Å². The van der Waals surface area contributed by atoms with Gasteiger partial charge in [-0.15, -0.1) is 0 Å². The number of ether oxygens (including phenoxy) is 1. The molecule has 0 aromatic heterocycles. The molecular weight excluding hydrogens is 340 g/mol. The Bertz CT molecular complexity index is 791. The van der Waals surface area contributed by atoms with Crippen LogP contribution in [0.1, 0.15) is 0 Å². The molecule has 0 heterocycles. The summed E-state index contributed by atoms with van der Waals surface area (Å²) in [6.45, 7) is -0.400. The molecule has 122 valence electrons. The molecule has 2 aromatic rings. The first-order valence-electron chi connectivity index (χ1n) is 6.60. The topological polar surface area (TPSA) is 84.5 Å². The third-order valence-corrected chi connectivity index (χ3v) is 4.60. The highest BCUT2D eigenvalue weighted by Crippen LogP contribution is 2.22. The first kappa shape index (κ1) is 17.3. The maximum Gasteiger partial charge on any atom is 0.241 e. The van der Waals surface area contributed by atoms with E-state index >= 15 is 0 Å². The molecule has 0 atom stereocenters. The summed E-state index contributed by atoms with van der Waals surface area (Å²) in [5.74, 6) is -0.0200. The second-order valence-corrected chi connectivity index (χ2v) is 6.73. The Morgan fingerprint density at radius 1 is 1.13 bits per heavy atom. The molecule has 8 heteroatoms. The number of benzene rings is 2. The summed E-state index contributed by atoms with van der Waals surface area (Å²) in [5.41, 5.74) is 0.464. The van der Waals surface area contributed by atoms with Gasteiger partial charge in [0.2, 0.25) is 15.9 Å². The second kappa shape index (κ2) is 7.45. The fraction of sp³-hybridized carbons (Fsp3) is 0.133. The van der Waals surface area contributed by atoms with Crippen LogP contribution in [0.25, 0.3) is 0 Å². The lowest BCUT2D eigenvalue weighted by molar-refractivity contribution is -0.115. The molecule has 0 unspecified atom stereocenters. The third-order valence-electron chi connectivity index (χ3n) is 2.93. The van der Waals surface area contributed by atoms with Gasteiger partial charge >= 0.3 is 0 Å². The Kier molecular flexibility index (Phi) is 5.59. The third kappa shape index (κ3) is 4.69. The molecular formula is C15H15ClN2O4S. The van der Waals surface area contributed by atoms with Gasteiger partial charge in [-0.2, -0.15) is 0 Å². The molecule has 0 aliphatic rings. The van der Waals surface area contributed by atoms with Gasteiger partial charge < -0.3 is 10.1 Å². The normalized spacial score (nSPS) is 11.0. The van der Waals surface area contributed by atoms with Crippen molar-refractivity contribution in [2.45, 2.75) is 4.90 Å². The molecule has 0 aliphatic carbocycles. The number of hydrogen-bond acceptors (Lipinski definition) is 4. The van der Waals surface area contributed by atoms with E-state index in [0.717, 1.165) is 0 Å². The monoisotopic (exact) mass is 354 g/mol. The molecule has 6 nitrogen and oxygen atoms in total. The van der Waals surface area contributed by atoms with Crippen LogP contribution in [0.3, 0.4) is 0 Å². The zero-order valence-electron chi connectivity index (χ0n) is 12.2. The molecule has 0 saturated carbocycles. The molecule has 0 fully saturated rings. The zero-order chi connectivity index (χ0) is 16.9. The number of methoxy groups -OCH3 is 1. The molecule has 0 saturated heterocycles. The number of carbonyl (C=O) groups excluding carboxylic acids is 1. The number of amides is 1. The number of anilines is 1. The predicted octanol–water partition coefficient (Wildman–Crippen LogP) is 2.27. The molecule has 1 amide bonds. The highest BCUT2D eigenvalue weighted by atomic mass is 35.5. The minimum Gasteiger partial charge on any atom is -0.495 e. The zero-order valence-corrected chi connectivity index (χ0v) is 13.8. The van der Waals surface area contributed by atoms with E-state index in [-0.39, 0.29) is 4.90 Å². The van der Waals surface area contributed by atoms with E-state index in [1.54, 1.807) is 24.3 Å². The van der Waals surface area contributed by atoms with Gasteiger partial charge in [0.1, 0.15) is 5.75 Å². The van der Waals surface area contributed by atoms with Crippen molar-refractivity contribution in [3.63, 3.8) is 0 Å². The average Bonchev–Trinajstić information content (AvgIpc) is 2.54. The number of sulfonamides is 1. The first-order chi connectivity index (χ1) is 10.9. The molecule has 0 radical (unpaired) electrons. The van der Waals surface area contributed by atoms with Gasteiger partial charge in [-0.1, -0.05) is 23.7 Å². The summed E-state index contributed by atoms with van der Waals surface area (Å²) in [5, 5.41) is 3.01. The number of para-hydroxylation sites is 2. The summed E-state index contributed by atoms with van der Waals surface area (Å²) in [4.78, 5) is 11.9. The molecule has 2 N–H and O–H groups in total. The van der Waals surface area contributed by atoms with Crippen LogP contribution >= 0.6 is 11.6 Å². The smallest absolute Gasteiger partial charge is 0.241 e. The van der Waals surface area contributed by atoms with Crippen LogP contribution in [0.15, 0.2) is 53.4 Å². The number of rotatable bonds is 6. The van der Waals surface area contributed by atoms with Crippen molar-refractivity contribution in [3.05, 3.63) is 53.6 Å². The fourth-order valence-corrected chi connectivity index (χ4v) is 2.91. The van der Waals surface area contributed by atoms with Crippen LogP contribution in [0, 0.1) is 0 Å². The maximum absolute atomic E-state index is 12.1. The minimum absolute atomic E-state index is 0.0343. The van der Waals surface area contributed by atoms with Crippen molar-refractivity contribution in [2.75, 3.05) is 19.0 Å². The SMILES string of the molecule is COc1ccccc1NC(=O)CNS(=O)(=O)c1ccc(Cl)cc1. The lowest BCUT2D eigenvalue weighted by Crippen LogP contribution is -2.32. The van der Waals surface area contributed by atoms with Crippen LogP contribution in [0.4, 0.5) is 5.69 Å². The van der Waals surface area contributed by atoms with Crippen molar-refractivity contribution in [1.82, 2.24) is 4.72 Å². The summed E-state index contributed by atoms with van der Waals surface area (Å²) >= 11 is 5.72. The van der Waals surface area contributed by atoms with Crippen molar-refractivity contribution >= 4 is 33.2 Å². The Hall–Kier alpha value is -2.09. The van der Waals surface area contributed by atoms with Gasteiger partial charge in [-0.05, 0) is 36.4 Å². The summed E-state index contributed by atoms with van der Waals surface area (Å²) in [6.07, 6.45) is 0. The Morgan fingerprint density at radius 2 is 1.78 bits per heavy atom. The van der Waals surface area contributed by atoms with E-state index in [1.165, 1.54) is 31.4 Å². The van der Waals surface area contributed by atoms with E-state index in [9.17, 15) is 13.2 Å². The van der Waals surface area contributed by atoms with E-state index < -0.39 is 22.5 Å². The van der Waals surface area contributed by atoms with Crippen LogP contribution in [-0.4, -0.2) is 28.0 Å². The lowest BCUT2D eigenvalue weighted by Gasteiger charge is -2.10. The van der Waals surface area contributed by atoms with E-state index in [0.29, 0.717) is 16.5 Å². The summed E-state index contributed by atoms with van der Waals surface area (Å²) in [6, 6.07) is 12.5. The number of hydrogen-bond donors (Lipinski definition) is 2. The highest BCUT2D eigenvalue weighted by molar-refractivity contribution is 7.89. The van der Waals surface area contributed by atoms with Crippen LogP contribution < -0.4 is 14.8 Å². The van der Waals surface area contributed by atoms with E-state index in [4.69, 9.17) is 16.3 Å². The maximum atomic E-state index is 12.1. The van der Waals surface area contributed by atoms with Crippen molar-refractivity contribution in [1.29, 1.82) is 0 Å². The quantitative estimate of drug-likeness (QED) is 0.833. The first-order valence-corrected chi connectivity index (χ1v) is 8.46. The molecule has 0 spiro atoms. The lowest BCUT2D eigenvalue weighted by atomic mass is 10.3. The van der Waals surface area contributed by atoms with Crippen molar-refractivity contribution in [3.8, 4) is 5.75 Å². The molecule has 23 heavy (non-hydrogen) atoms. The van der Waals surface area contributed by atoms with Crippen LogP contribution in [0.2, 0.25) is 5.02 Å². The van der Waals surface area contributed by atoms with E-state index in [1.807, 2.05) is 0 Å². The fourth-order valence-electron chi connectivity index (χ4n) is 1.80.